The van der Waals surface area contributed by atoms with E-state index in [1.54, 1.807) is 6.07 Å². The number of amides is 1. The van der Waals surface area contributed by atoms with Crippen LogP contribution in [0.5, 0.6) is 0 Å². The number of nitrogens with one attached hydrogen (secondary N) is 1. The van der Waals surface area contributed by atoms with Crippen molar-refractivity contribution in [1.29, 1.82) is 0 Å². The molecule has 0 aliphatic carbocycles. The summed E-state index contributed by atoms with van der Waals surface area (Å²) in [6, 6.07) is 5.64. The van der Waals surface area contributed by atoms with Crippen molar-refractivity contribution in [3.05, 3.63) is 28.5 Å². The summed E-state index contributed by atoms with van der Waals surface area (Å²) in [7, 11) is 0. The number of aromatic nitrogens is 1. The van der Waals surface area contributed by atoms with Crippen molar-refractivity contribution in [2.45, 2.75) is 45.2 Å². The quantitative estimate of drug-likeness (QED) is 0.842. The Morgan fingerprint density at radius 1 is 1.35 bits per heavy atom. The van der Waals surface area contributed by atoms with Gasteiger partial charge < -0.3 is 5.32 Å². The zero-order valence-electron chi connectivity index (χ0n) is 12.3. The number of hydrogen-bond donors (Lipinski definition) is 1. The Hall–Kier alpha value is -0.940. The summed E-state index contributed by atoms with van der Waals surface area (Å²) in [6.07, 6.45) is 1.99. The van der Waals surface area contributed by atoms with Crippen LogP contribution in [0.15, 0.2) is 22.8 Å². The Morgan fingerprint density at radius 3 is 2.55 bits per heavy atom. The summed E-state index contributed by atoms with van der Waals surface area (Å²) >= 11 is 3.29. The van der Waals surface area contributed by atoms with Gasteiger partial charge in [0.15, 0.2) is 0 Å². The van der Waals surface area contributed by atoms with Crippen LogP contribution in [-0.4, -0.2) is 40.5 Å². The van der Waals surface area contributed by atoms with Gasteiger partial charge in [0.1, 0.15) is 10.3 Å². The summed E-state index contributed by atoms with van der Waals surface area (Å²) in [4.78, 5) is 18.8. The molecular formula is C15H22BrN3O. The van der Waals surface area contributed by atoms with Gasteiger partial charge in [-0.25, -0.2) is 4.98 Å². The first-order valence-electron chi connectivity index (χ1n) is 7.05. The Bertz CT molecular complexity index is 476. The molecule has 0 spiro atoms. The fourth-order valence-electron chi connectivity index (χ4n) is 2.49. The second kappa shape index (κ2) is 6.22. The second-order valence-corrected chi connectivity index (χ2v) is 7.06. The summed E-state index contributed by atoms with van der Waals surface area (Å²) in [5.41, 5.74) is 0.679. The molecule has 110 valence electrons. The third-order valence-corrected chi connectivity index (χ3v) is 4.17. The van der Waals surface area contributed by atoms with E-state index in [0.717, 1.165) is 25.9 Å². The lowest BCUT2D eigenvalue weighted by Crippen LogP contribution is -2.50. The van der Waals surface area contributed by atoms with Crippen molar-refractivity contribution in [3.8, 4) is 0 Å². The smallest absolute Gasteiger partial charge is 0.270 e. The predicted molar refractivity (Wildman–Crippen MR) is 83.8 cm³/mol. The van der Waals surface area contributed by atoms with Gasteiger partial charge in [-0.15, -0.1) is 0 Å². The number of piperidine rings is 1. The van der Waals surface area contributed by atoms with E-state index >= 15 is 0 Å². The van der Waals surface area contributed by atoms with Gasteiger partial charge in [0.25, 0.3) is 5.91 Å². The number of halogens is 1. The van der Waals surface area contributed by atoms with E-state index in [4.69, 9.17) is 0 Å². The number of carbonyl (C=O) groups excluding carboxylic acids is 1. The van der Waals surface area contributed by atoms with Crippen molar-refractivity contribution in [2.75, 3.05) is 13.1 Å². The lowest BCUT2D eigenvalue weighted by atomic mass is 9.98. The monoisotopic (exact) mass is 339 g/mol. The molecule has 1 saturated heterocycles. The van der Waals surface area contributed by atoms with Gasteiger partial charge in [-0.05, 0) is 61.7 Å². The van der Waals surface area contributed by atoms with E-state index in [1.165, 1.54) is 0 Å². The summed E-state index contributed by atoms with van der Waals surface area (Å²) in [6.45, 7) is 8.76. The maximum absolute atomic E-state index is 12.1. The minimum absolute atomic E-state index is 0.0829. The first-order chi connectivity index (χ1) is 9.36. The minimum atomic E-state index is -0.0829. The topological polar surface area (TPSA) is 45.2 Å². The summed E-state index contributed by atoms with van der Waals surface area (Å²) in [5, 5.41) is 3.09. The molecule has 2 heterocycles. The van der Waals surface area contributed by atoms with Crippen LogP contribution in [0.3, 0.4) is 0 Å². The highest BCUT2D eigenvalue weighted by Crippen LogP contribution is 2.20. The summed E-state index contributed by atoms with van der Waals surface area (Å²) in [5.74, 6) is -0.0829. The van der Waals surface area contributed by atoms with E-state index in [0.29, 0.717) is 10.3 Å². The number of likely N-dealkylation sites (tertiary alicyclic amines) is 1. The van der Waals surface area contributed by atoms with Crippen LogP contribution in [0.25, 0.3) is 0 Å². The lowest BCUT2D eigenvalue weighted by molar-refractivity contribution is 0.0809. The molecule has 1 amide bonds. The maximum Gasteiger partial charge on any atom is 0.270 e. The van der Waals surface area contributed by atoms with E-state index < -0.39 is 0 Å². The Balaban J connectivity index is 1.88. The Kier molecular flexibility index (Phi) is 4.81. The second-order valence-electron chi connectivity index (χ2n) is 6.25. The third-order valence-electron chi connectivity index (χ3n) is 3.73. The van der Waals surface area contributed by atoms with E-state index in [9.17, 15) is 4.79 Å². The van der Waals surface area contributed by atoms with Gasteiger partial charge in [0.05, 0.1) is 0 Å². The van der Waals surface area contributed by atoms with Crippen molar-refractivity contribution < 1.29 is 4.79 Å². The molecular weight excluding hydrogens is 318 g/mol. The predicted octanol–water partition coefficient (Wildman–Crippen LogP) is 2.84. The van der Waals surface area contributed by atoms with Crippen molar-refractivity contribution in [3.63, 3.8) is 0 Å². The molecule has 0 radical (unpaired) electrons. The van der Waals surface area contributed by atoms with Crippen molar-refractivity contribution in [2.24, 2.45) is 0 Å². The van der Waals surface area contributed by atoms with Crippen LogP contribution in [-0.2, 0) is 0 Å². The zero-order chi connectivity index (χ0) is 14.8. The van der Waals surface area contributed by atoms with Gasteiger partial charge in [0.2, 0.25) is 0 Å². The molecule has 0 atom stereocenters. The molecule has 0 bridgehead atoms. The first kappa shape index (κ1) is 15.4. The normalized spacial score (nSPS) is 18.0. The van der Waals surface area contributed by atoms with Crippen LogP contribution in [0.1, 0.15) is 44.1 Å². The number of nitrogens with zero attached hydrogens (tertiary/aromatic N) is 2. The zero-order valence-corrected chi connectivity index (χ0v) is 13.9. The number of pyridine rings is 1. The molecule has 0 saturated carbocycles. The molecule has 0 aromatic carbocycles. The highest BCUT2D eigenvalue weighted by atomic mass is 79.9. The highest BCUT2D eigenvalue weighted by molar-refractivity contribution is 9.10. The fourth-order valence-corrected chi connectivity index (χ4v) is 2.83. The SMILES string of the molecule is CC(C)(C)N1CCC(NC(=O)c2cccc(Br)n2)CC1. The maximum atomic E-state index is 12.1. The Morgan fingerprint density at radius 2 is 2.00 bits per heavy atom. The van der Waals surface area contributed by atoms with Gasteiger partial charge in [-0.2, -0.15) is 0 Å². The molecule has 1 fully saturated rings. The van der Waals surface area contributed by atoms with Gasteiger partial charge in [0, 0.05) is 24.7 Å². The number of carbonyl (C=O) groups is 1. The average molecular weight is 340 g/mol. The minimum Gasteiger partial charge on any atom is -0.348 e. The molecule has 1 aliphatic heterocycles. The third kappa shape index (κ3) is 4.03. The largest absolute Gasteiger partial charge is 0.348 e. The van der Waals surface area contributed by atoms with Gasteiger partial charge >= 0.3 is 0 Å². The first-order valence-corrected chi connectivity index (χ1v) is 7.84. The molecule has 1 N–H and O–H groups in total. The standard InChI is InChI=1S/C15H22BrN3O/c1-15(2,3)19-9-7-11(8-10-19)17-14(20)12-5-4-6-13(16)18-12/h4-6,11H,7-10H2,1-3H3,(H,17,20). The van der Waals surface area contributed by atoms with E-state index in [-0.39, 0.29) is 17.5 Å². The lowest BCUT2D eigenvalue weighted by Gasteiger charge is -2.41. The highest BCUT2D eigenvalue weighted by Gasteiger charge is 2.27. The van der Waals surface area contributed by atoms with Gasteiger partial charge in [-0.3, -0.25) is 9.69 Å². The molecule has 2 rings (SSSR count). The molecule has 0 unspecified atom stereocenters. The van der Waals surface area contributed by atoms with E-state index in [1.807, 2.05) is 12.1 Å². The van der Waals surface area contributed by atoms with Crippen molar-refractivity contribution in [1.82, 2.24) is 15.2 Å². The van der Waals surface area contributed by atoms with Crippen LogP contribution < -0.4 is 5.32 Å². The Labute approximate surface area is 129 Å². The number of hydrogen-bond acceptors (Lipinski definition) is 3. The average Bonchev–Trinajstić information content (AvgIpc) is 2.38. The molecule has 1 aromatic rings. The van der Waals surface area contributed by atoms with Crippen molar-refractivity contribution >= 4 is 21.8 Å². The van der Waals surface area contributed by atoms with Crippen LogP contribution >= 0.6 is 15.9 Å². The molecule has 5 heteroatoms. The molecule has 20 heavy (non-hydrogen) atoms. The van der Waals surface area contributed by atoms with E-state index in [2.05, 4.69) is 51.9 Å². The number of rotatable bonds is 2. The van der Waals surface area contributed by atoms with Crippen LogP contribution in [0.4, 0.5) is 0 Å². The van der Waals surface area contributed by atoms with Crippen LogP contribution in [0.2, 0.25) is 0 Å². The van der Waals surface area contributed by atoms with Crippen LogP contribution in [0, 0.1) is 0 Å². The molecule has 1 aromatic heterocycles. The summed E-state index contributed by atoms with van der Waals surface area (Å²) < 4.78 is 0.688. The molecule has 1 aliphatic rings. The molecule has 4 nitrogen and oxygen atoms in total. The van der Waals surface area contributed by atoms with Gasteiger partial charge in [-0.1, -0.05) is 6.07 Å². The fraction of sp³-hybridized carbons (Fsp3) is 0.600.